The molecule has 0 bridgehead atoms. The van der Waals surface area contributed by atoms with E-state index in [1.54, 1.807) is 0 Å². The van der Waals surface area contributed by atoms with Crippen LogP contribution in [0.4, 0.5) is 0 Å². The van der Waals surface area contributed by atoms with E-state index >= 15 is 0 Å². The Kier molecular flexibility index (Phi) is 3.51. The van der Waals surface area contributed by atoms with Gasteiger partial charge in [0.05, 0.1) is 5.38 Å². The molecule has 1 aliphatic rings. The zero-order chi connectivity index (χ0) is 11.9. The molecule has 1 fully saturated rings. The fourth-order valence-corrected chi connectivity index (χ4v) is 2.90. The van der Waals surface area contributed by atoms with E-state index in [9.17, 15) is 0 Å². The van der Waals surface area contributed by atoms with Crippen molar-refractivity contribution in [2.75, 3.05) is 0 Å². The summed E-state index contributed by atoms with van der Waals surface area (Å²) >= 11 is 12.7. The first-order valence-electron chi connectivity index (χ1n) is 5.91. The van der Waals surface area contributed by atoms with Gasteiger partial charge < -0.3 is 0 Å². The van der Waals surface area contributed by atoms with Crippen LogP contribution in [-0.2, 0) is 0 Å². The van der Waals surface area contributed by atoms with Crippen molar-refractivity contribution in [1.29, 1.82) is 0 Å². The summed E-state index contributed by atoms with van der Waals surface area (Å²) in [6.45, 7) is 6.39. The van der Waals surface area contributed by atoms with Crippen LogP contribution >= 0.6 is 23.2 Å². The fraction of sp³-hybridized carbons (Fsp3) is 0.571. The minimum atomic E-state index is 0.128. The molecule has 0 saturated heterocycles. The van der Waals surface area contributed by atoms with Crippen molar-refractivity contribution in [2.45, 2.75) is 39.0 Å². The molecular weight excluding hydrogens is 239 g/mol. The lowest BCUT2D eigenvalue weighted by Gasteiger charge is -2.20. The van der Waals surface area contributed by atoms with E-state index in [1.807, 2.05) is 13.0 Å². The van der Waals surface area contributed by atoms with Gasteiger partial charge in [0.2, 0.25) is 0 Å². The third-order valence-electron chi connectivity index (χ3n) is 3.67. The van der Waals surface area contributed by atoms with E-state index in [-0.39, 0.29) is 5.38 Å². The highest BCUT2D eigenvalue weighted by molar-refractivity contribution is 6.31. The smallest absolute Gasteiger partial charge is 0.0616 e. The van der Waals surface area contributed by atoms with E-state index in [1.165, 1.54) is 24.0 Å². The highest BCUT2D eigenvalue weighted by Crippen LogP contribution is 2.46. The van der Waals surface area contributed by atoms with Gasteiger partial charge in [-0.3, -0.25) is 0 Å². The summed E-state index contributed by atoms with van der Waals surface area (Å²) in [6.07, 6.45) is 2.69. The van der Waals surface area contributed by atoms with Gasteiger partial charge >= 0.3 is 0 Å². The predicted molar refractivity (Wildman–Crippen MR) is 71.4 cm³/mol. The molecule has 0 radical (unpaired) electrons. The first kappa shape index (κ1) is 12.3. The molecule has 2 atom stereocenters. The topological polar surface area (TPSA) is 0 Å². The van der Waals surface area contributed by atoms with Crippen LogP contribution in [0.3, 0.4) is 0 Å². The van der Waals surface area contributed by atoms with Crippen LogP contribution in [-0.4, -0.2) is 0 Å². The van der Waals surface area contributed by atoms with Crippen LogP contribution in [0.1, 0.15) is 41.8 Å². The molecule has 1 aliphatic carbocycles. The average Bonchev–Trinajstić information content (AvgIpc) is 3.05. The summed E-state index contributed by atoms with van der Waals surface area (Å²) in [7, 11) is 0. The van der Waals surface area contributed by atoms with Gasteiger partial charge in [-0.25, -0.2) is 0 Å². The van der Waals surface area contributed by atoms with Crippen LogP contribution in [0.2, 0.25) is 5.02 Å². The van der Waals surface area contributed by atoms with Crippen LogP contribution in [0.15, 0.2) is 12.1 Å². The predicted octanol–water partition coefficient (Wildman–Crippen LogP) is 5.28. The minimum Gasteiger partial charge on any atom is -0.118 e. The van der Waals surface area contributed by atoms with Crippen molar-refractivity contribution in [2.24, 2.45) is 11.8 Å². The Labute approximate surface area is 108 Å². The lowest BCUT2D eigenvalue weighted by Crippen LogP contribution is -2.08. The summed E-state index contributed by atoms with van der Waals surface area (Å²) in [6, 6.07) is 4.18. The standard InChI is InChI=1S/C14H18Cl2/c1-8-7-13(15)9(2)6-12(8)14(16)10(3)11-4-5-11/h6-7,10-11,14H,4-5H2,1-3H3. The molecule has 1 aromatic rings. The second-order valence-corrected chi connectivity index (χ2v) is 5.93. The van der Waals surface area contributed by atoms with Crippen LogP contribution in [0.5, 0.6) is 0 Å². The number of alkyl halides is 1. The third kappa shape index (κ3) is 2.38. The zero-order valence-corrected chi connectivity index (χ0v) is 11.6. The van der Waals surface area contributed by atoms with Gasteiger partial charge in [-0.15, -0.1) is 11.6 Å². The monoisotopic (exact) mass is 256 g/mol. The van der Waals surface area contributed by atoms with E-state index in [0.29, 0.717) is 5.92 Å². The summed E-state index contributed by atoms with van der Waals surface area (Å²) in [5, 5.41) is 0.965. The molecule has 0 spiro atoms. The maximum absolute atomic E-state index is 6.58. The van der Waals surface area contributed by atoms with E-state index in [4.69, 9.17) is 23.2 Å². The quantitative estimate of drug-likeness (QED) is 0.646. The molecule has 2 heteroatoms. The molecule has 16 heavy (non-hydrogen) atoms. The Balaban J connectivity index is 2.28. The largest absolute Gasteiger partial charge is 0.118 e. The minimum absolute atomic E-state index is 0.128. The summed E-state index contributed by atoms with van der Waals surface area (Å²) in [5.41, 5.74) is 3.59. The molecule has 0 aromatic heterocycles. The van der Waals surface area contributed by atoms with E-state index in [2.05, 4.69) is 19.9 Å². The van der Waals surface area contributed by atoms with Crippen molar-refractivity contribution in [3.63, 3.8) is 0 Å². The fourth-order valence-electron chi connectivity index (χ4n) is 2.24. The van der Waals surface area contributed by atoms with Gasteiger partial charge in [-0.1, -0.05) is 24.6 Å². The molecule has 88 valence electrons. The first-order valence-corrected chi connectivity index (χ1v) is 6.73. The van der Waals surface area contributed by atoms with Crippen molar-refractivity contribution in [3.05, 3.63) is 33.8 Å². The summed E-state index contributed by atoms with van der Waals surface area (Å²) in [4.78, 5) is 0. The van der Waals surface area contributed by atoms with Crippen LogP contribution in [0.25, 0.3) is 0 Å². The molecule has 0 aliphatic heterocycles. The molecule has 1 saturated carbocycles. The SMILES string of the molecule is Cc1cc(C(Cl)C(C)C2CC2)c(C)cc1Cl. The first-order chi connectivity index (χ1) is 7.50. The van der Waals surface area contributed by atoms with Gasteiger partial charge in [0, 0.05) is 5.02 Å². The van der Waals surface area contributed by atoms with Crippen molar-refractivity contribution in [1.82, 2.24) is 0 Å². The highest BCUT2D eigenvalue weighted by atomic mass is 35.5. The molecule has 0 heterocycles. The number of hydrogen-bond donors (Lipinski definition) is 0. The number of rotatable bonds is 3. The molecule has 2 rings (SSSR count). The maximum atomic E-state index is 6.58. The Morgan fingerprint density at radius 3 is 2.38 bits per heavy atom. The Morgan fingerprint density at radius 2 is 1.81 bits per heavy atom. The van der Waals surface area contributed by atoms with Gasteiger partial charge in [0.15, 0.2) is 0 Å². The number of aryl methyl sites for hydroxylation is 2. The molecule has 0 nitrogen and oxygen atoms in total. The lowest BCUT2D eigenvalue weighted by molar-refractivity contribution is 0.490. The van der Waals surface area contributed by atoms with E-state index < -0.39 is 0 Å². The second-order valence-electron chi connectivity index (χ2n) is 5.06. The number of halogens is 2. The van der Waals surface area contributed by atoms with E-state index in [0.717, 1.165) is 16.5 Å². The average molecular weight is 257 g/mol. The third-order valence-corrected chi connectivity index (χ3v) is 4.71. The van der Waals surface area contributed by atoms with Gasteiger partial charge in [0.1, 0.15) is 0 Å². The summed E-state index contributed by atoms with van der Waals surface area (Å²) in [5.74, 6) is 1.40. The maximum Gasteiger partial charge on any atom is 0.0616 e. The number of benzene rings is 1. The molecule has 0 N–H and O–H groups in total. The Hall–Kier alpha value is -0.200. The summed E-state index contributed by atoms with van der Waals surface area (Å²) < 4.78 is 0. The van der Waals surface area contributed by atoms with Crippen LogP contribution in [0, 0.1) is 25.7 Å². The molecule has 1 aromatic carbocycles. The normalized spacial score (nSPS) is 19.6. The van der Waals surface area contributed by atoms with Crippen molar-refractivity contribution < 1.29 is 0 Å². The lowest BCUT2D eigenvalue weighted by atomic mass is 9.92. The van der Waals surface area contributed by atoms with Crippen molar-refractivity contribution >= 4 is 23.2 Å². The molecule has 2 unspecified atom stereocenters. The molecular formula is C14H18Cl2. The zero-order valence-electron chi connectivity index (χ0n) is 10.1. The second kappa shape index (κ2) is 4.58. The number of hydrogen-bond acceptors (Lipinski definition) is 0. The van der Waals surface area contributed by atoms with Crippen molar-refractivity contribution in [3.8, 4) is 0 Å². The van der Waals surface area contributed by atoms with Gasteiger partial charge in [0.25, 0.3) is 0 Å². The molecule has 0 amide bonds. The van der Waals surface area contributed by atoms with Gasteiger partial charge in [-0.2, -0.15) is 0 Å². The Morgan fingerprint density at radius 1 is 1.19 bits per heavy atom. The van der Waals surface area contributed by atoms with Crippen LogP contribution < -0.4 is 0 Å². The van der Waals surface area contributed by atoms with Gasteiger partial charge in [-0.05, 0) is 61.3 Å². The highest BCUT2D eigenvalue weighted by Gasteiger charge is 2.33. The Bertz CT molecular complexity index is 394.